The Bertz CT molecular complexity index is 1040. The molecule has 0 N–H and O–H groups in total. The Morgan fingerprint density at radius 1 is 1.00 bits per heavy atom. The molecule has 4 rings (SSSR count). The number of allylic oxidation sites excluding steroid dienone is 4. The van der Waals surface area contributed by atoms with Crippen LogP contribution in [0.1, 0.15) is 116 Å². The van der Waals surface area contributed by atoms with Gasteiger partial charge in [-0.05, 0) is 119 Å². The Balaban J connectivity index is 0.000000789. The molecule has 0 spiro atoms. The van der Waals surface area contributed by atoms with Crippen LogP contribution in [0.25, 0.3) is 17.0 Å². The molecule has 1 aromatic carbocycles. The van der Waals surface area contributed by atoms with Gasteiger partial charge in [-0.3, -0.25) is 0 Å². The highest BCUT2D eigenvalue weighted by Gasteiger charge is 2.31. The quantitative estimate of drug-likeness (QED) is 0.233. The minimum Gasteiger partial charge on any atom is -0.381 e. The van der Waals surface area contributed by atoms with Crippen molar-refractivity contribution in [3.8, 4) is 11.4 Å². The van der Waals surface area contributed by atoms with Crippen molar-refractivity contribution in [1.29, 1.82) is 0 Å². The molecule has 0 radical (unpaired) electrons. The van der Waals surface area contributed by atoms with Crippen LogP contribution >= 0.6 is 8.81 Å². The van der Waals surface area contributed by atoms with Crippen LogP contribution in [-0.2, 0) is 15.7 Å². The van der Waals surface area contributed by atoms with Crippen molar-refractivity contribution in [2.24, 2.45) is 5.41 Å². The lowest BCUT2D eigenvalue weighted by Crippen LogP contribution is -2.18. The summed E-state index contributed by atoms with van der Waals surface area (Å²) in [5, 5.41) is 4.37. The average molecular weight is 573 g/mol. The van der Waals surface area contributed by atoms with Crippen molar-refractivity contribution >= 4 is 14.4 Å². The van der Waals surface area contributed by atoms with Gasteiger partial charge < -0.3 is 13.8 Å². The minimum atomic E-state index is 0.396. The highest BCUT2D eigenvalue weighted by molar-refractivity contribution is 7.31. The molecular formula is C34H57N2O3P. The molecule has 2 aliphatic carbocycles. The highest BCUT2D eigenvalue weighted by Crippen LogP contribution is 2.46. The fraction of sp³-hybridized carbons (Fsp3) is 0.647. The van der Waals surface area contributed by atoms with Crippen molar-refractivity contribution < 1.29 is 13.8 Å². The van der Waals surface area contributed by atoms with Crippen LogP contribution in [-0.4, -0.2) is 36.6 Å². The lowest BCUT2D eigenvalue weighted by molar-refractivity contribution is 0.150. The second-order valence-corrected chi connectivity index (χ2v) is 11.2. The zero-order valence-electron chi connectivity index (χ0n) is 27.4. The minimum absolute atomic E-state index is 0.396. The van der Waals surface area contributed by atoms with E-state index in [0.717, 1.165) is 44.6 Å². The number of aryl methyl sites for hydroxylation is 2. The molecule has 40 heavy (non-hydrogen) atoms. The van der Waals surface area contributed by atoms with E-state index in [1.165, 1.54) is 53.5 Å². The zero-order chi connectivity index (χ0) is 30.1. The van der Waals surface area contributed by atoms with E-state index in [-0.39, 0.29) is 0 Å². The summed E-state index contributed by atoms with van der Waals surface area (Å²) in [6, 6.07) is 4.36. The van der Waals surface area contributed by atoms with Crippen molar-refractivity contribution in [2.45, 2.75) is 114 Å². The molecular weight excluding hydrogens is 515 g/mol. The van der Waals surface area contributed by atoms with E-state index in [0.29, 0.717) is 25.9 Å². The first kappa shape index (κ1) is 36.2. The van der Waals surface area contributed by atoms with Gasteiger partial charge in [-0.25, -0.2) is 0 Å². The first-order chi connectivity index (χ1) is 19.3. The Hall–Kier alpha value is -1.81. The molecule has 0 fully saturated rings. The SMILES string of the molecule is CC.CC.CCOCCc1c(C)cc(-c2noc(C3=CCCCC4=C3CCC(C)(C)C4)n2)cc1C.CCOPC. The van der Waals surface area contributed by atoms with E-state index in [1.54, 1.807) is 5.57 Å². The van der Waals surface area contributed by atoms with Crippen LogP contribution in [0, 0.1) is 19.3 Å². The smallest absolute Gasteiger partial charge is 0.258 e. The Morgan fingerprint density at radius 2 is 1.68 bits per heavy atom. The second kappa shape index (κ2) is 19.3. The zero-order valence-corrected chi connectivity index (χ0v) is 28.4. The summed E-state index contributed by atoms with van der Waals surface area (Å²) < 4.78 is 16.2. The van der Waals surface area contributed by atoms with Gasteiger partial charge >= 0.3 is 0 Å². The third kappa shape index (κ3) is 10.9. The third-order valence-corrected chi connectivity index (χ3v) is 7.70. The van der Waals surface area contributed by atoms with E-state index in [2.05, 4.69) is 51.1 Å². The number of benzene rings is 1. The van der Waals surface area contributed by atoms with Crippen LogP contribution < -0.4 is 0 Å². The molecule has 0 amide bonds. The standard InChI is InChI=1S/C27H36N2O2.C3H9OP.2C2H6/c1-6-30-14-12-22-18(2)15-21(16-19(22)3)25-28-26(31-29-25)24-10-8-7-9-20-17-27(4,5)13-11-23(20)24;1-3-4-5-2;2*1-2/h10,15-16H,6-9,11-14,17H2,1-5H3;5H,3H2,1-2H3;2*1-2H3. The number of hydrogen-bond acceptors (Lipinski definition) is 5. The largest absolute Gasteiger partial charge is 0.381 e. The van der Waals surface area contributed by atoms with Crippen LogP contribution in [0.4, 0.5) is 0 Å². The summed E-state index contributed by atoms with van der Waals surface area (Å²) >= 11 is 0. The predicted molar refractivity (Wildman–Crippen MR) is 174 cm³/mol. The summed E-state index contributed by atoms with van der Waals surface area (Å²) in [5.41, 5.74) is 9.54. The summed E-state index contributed by atoms with van der Waals surface area (Å²) in [7, 11) is 0.658. The van der Waals surface area contributed by atoms with Crippen LogP contribution in [0.5, 0.6) is 0 Å². The van der Waals surface area contributed by atoms with Crippen molar-refractivity contribution in [3.05, 3.63) is 51.9 Å². The number of hydrogen-bond donors (Lipinski definition) is 0. The van der Waals surface area contributed by atoms with Crippen LogP contribution in [0.2, 0.25) is 0 Å². The van der Waals surface area contributed by atoms with Gasteiger partial charge in [0.15, 0.2) is 0 Å². The molecule has 0 saturated carbocycles. The van der Waals surface area contributed by atoms with Gasteiger partial charge in [0.1, 0.15) is 0 Å². The average Bonchev–Trinajstić information content (AvgIpc) is 3.35. The first-order valence-electron chi connectivity index (χ1n) is 15.5. The van der Waals surface area contributed by atoms with Gasteiger partial charge in [-0.2, -0.15) is 4.98 Å². The summed E-state index contributed by atoms with van der Waals surface area (Å²) in [5.74, 6) is 1.36. The van der Waals surface area contributed by atoms with Gasteiger partial charge in [0, 0.05) is 33.2 Å². The van der Waals surface area contributed by atoms with Crippen molar-refractivity contribution in [2.75, 3.05) is 26.5 Å². The number of ether oxygens (including phenoxy) is 1. The normalized spacial score (nSPS) is 16.0. The van der Waals surface area contributed by atoms with Gasteiger partial charge in [-0.15, -0.1) is 0 Å². The maximum Gasteiger partial charge on any atom is 0.258 e. The predicted octanol–water partition coefficient (Wildman–Crippen LogP) is 10.3. The van der Waals surface area contributed by atoms with E-state index < -0.39 is 0 Å². The molecule has 1 heterocycles. The van der Waals surface area contributed by atoms with Crippen LogP contribution in [0.3, 0.4) is 0 Å². The van der Waals surface area contributed by atoms with Gasteiger partial charge in [0.25, 0.3) is 5.89 Å². The third-order valence-electron chi connectivity index (χ3n) is 7.13. The fourth-order valence-electron chi connectivity index (χ4n) is 5.31. The first-order valence-corrected chi connectivity index (χ1v) is 16.9. The maximum absolute atomic E-state index is 5.82. The molecule has 6 heteroatoms. The second-order valence-electron chi connectivity index (χ2n) is 10.5. The molecule has 0 aliphatic heterocycles. The van der Waals surface area contributed by atoms with E-state index in [4.69, 9.17) is 18.8 Å². The molecule has 1 unspecified atom stereocenters. The lowest BCUT2D eigenvalue weighted by Gasteiger charge is -2.33. The highest BCUT2D eigenvalue weighted by atomic mass is 31.1. The summed E-state index contributed by atoms with van der Waals surface area (Å²) in [4.78, 5) is 4.86. The maximum atomic E-state index is 5.82. The Morgan fingerprint density at radius 3 is 2.25 bits per heavy atom. The molecule has 226 valence electrons. The summed E-state index contributed by atoms with van der Waals surface area (Å²) in [6.07, 6.45) is 10.2. The van der Waals surface area contributed by atoms with Crippen molar-refractivity contribution in [1.82, 2.24) is 10.1 Å². The van der Waals surface area contributed by atoms with Gasteiger partial charge in [0.05, 0.1) is 6.61 Å². The molecule has 0 saturated heterocycles. The molecule has 5 nitrogen and oxygen atoms in total. The monoisotopic (exact) mass is 572 g/mol. The summed E-state index contributed by atoms with van der Waals surface area (Å²) in [6.45, 7) is 25.5. The number of aromatic nitrogens is 2. The molecule has 1 aromatic heterocycles. The molecule has 2 aliphatic rings. The molecule has 0 bridgehead atoms. The van der Waals surface area contributed by atoms with E-state index in [1.807, 2.05) is 48.2 Å². The van der Waals surface area contributed by atoms with Gasteiger partial charge in [0.2, 0.25) is 5.82 Å². The lowest BCUT2D eigenvalue weighted by atomic mass is 9.72. The Labute approximate surface area is 247 Å². The van der Waals surface area contributed by atoms with E-state index in [9.17, 15) is 0 Å². The topological polar surface area (TPSA) is 57.4 Å². The van der Waals surface area contributed by atoms with Gasteiger partial charge in [-0.1, -0.05) is 58.3 Å². The number of nitrogens with zero attached hydrogens (tertiary/aromatic N) is 2. The fourth-order valence-corrected chi connectivity index (χ4v) is 5.60. The molecule has 2 aromatic rings. The van der Waals surface area contributed by atoms with Crippen molar-refractivity contribution in [3.63, 3.8) is 0 Å². The molecule has 1 atom stereocenters. The van der Waals surface area contributed by atoms with Crippen LogP contribution in [0.15, 0.2) is 33.9 Å². The number of rotatable bonds is 8. The Kier molecular flexibility index (Phi) is 17.5. The van der Waals surface area contributed by atoms with E-state index >= 15 is 0 Å².